The van der Waals surface area contributed by atoms with Gasteiger partial charge in [-0.2, -0.15) is 0 Å². The van der Waals surface area contributed by atoms with E-state index in [0.717, 1.165) is 13.2 Å². The van der Waals surface area contributed by atoms with Crippen molar-refractivity contribution in [3.8, 4) is 0 Å². The fraction of sp³-hybridized carbons (Fsp3) is 0.938. The molecule has 2 N–H and O–H groups in total. The van der Waals surface area contributed by atoms with E-state index >= 15 is 0 Å². The molecular formula is C16H32N2O3. The predicted molar refractivity (Wildman–Crippen MR) is 84.5 cm³/mol. The molecule has 1 rings (SSSR count). The lowest BCUT2D eigenvalue weighted by molar-refractivity contribution is 0.0294. The van der Waals surface area contributed by atoms with Crippen LogP contribution in [-0.4, -0.2) is 43.5 Å². The molecule has 124 valence electrons. The minimum absolute atomic E-state index is 0.201. The highest BCUT2D eigenvalue weighted by Gasteiger charge is 2.16. The van der Waals surface area contributed by atoms with Gasteiger partial charge < -0.3 is 20.1 Å². The Bertz CT molecular complexity index is 296. The molecular weight excluding hydrogens is 268 g/mol. The maximum absolute atomic E-state index is 11.5. The van der Waals surface area contributed by atoms with Crippen LogP contribution in [0.1, 0.15) is 59.8 Å². The first-order chi connectivity index (χ1) is 9.87. The summed E-state index contributed by atoms with van der Waals surface area (Å²) in [5.41, 5.74) is -0.450. The molecule has 1 amide bonds. The minimum Gasteiger partial charge on any atom is -0.444 e. The number of hydrogen-bond acceptors (Lipinski definition) is 4. The normalized spacial score (nSPS) is 18.3. The fourth-order valence-corrected chi connectivity index (χ4v) is 2.39. The maximum Gasteiger partial charge on any atom is 0.407 e. The van der Waals surface area contributed by atoms with Crippen LogP contribution >= 0.6 is 0 Å². The van der Waals surface area contributed by atoms with Crippen LogP contribution < -0.4 is 10.6 Å². The third kappa shape index (κ3) is 9.69. The van der Waals surface area contributed by atoms with E-state index in [9.17, 15) is 4.79 Å². The van der Waals surface area contributed by atoms with Crippen molar-refractivity contribution in [2.75, 3.05) is 19.7 Å². The first-order valence-electron chi connectivity index (χ1n) is 8.18. The molecule has 0 aromatic heterocycles. The average molecular weight is 300 g/mol. The van der Waals surface area contributed by atoms with Gasteiger partial charge in [-0.25, -0.2) is 4.79 Å². The number of carbonyl (C=O) groups is 1. The molecule has 1 saturated carbocycles. The van der Waals surface area contributed by atoms with Gasteiger partial charge in [0.05, 0.1) is 12.7 Å². The van der Waals surface area contributed by atoms with E-state index in [4.69, 9.17) is 9.47 Å². The Labute approximate surface area is 129 Å². The van der Waals surface area contributed by atoms with Crippen LogP contribution in [0.25, 0.3) is 0 Å². The Morgan fingerprint density at radius 3 is 2.52 bits per heavy atom. The second-order valence-corrected chi connectivity index (χ2v) is 6.87. The molecule has 0 spiro atoms. The molecule has 1 atom stereocenters. The lowest BCUT2D eigenvalue weighted by Gasteiger charge is -2.23. The van der Waals surface area contributed by atoms with Crippen molar-refractivity contribution in [2.45, 2.75) is 77.5 Å². The topological polar surface area (TPSA) is 59.6 Å². The molecule has 0 bridgehead atoms. The number of ether oxygens (including phenoxy) is 2. The van der Waals surface area contributed by atoms with E-state index in [0.29, 0.717) is 12.6 Å². The molecule has 1 aliphatic rings. The molecule has 0 heterocycles. The van der Waals surface area contributed by atoms with Crippen LogP contribution in [0, 0.1) is 0 Å². The molecule has 1 unspecified atom stereocenters. The Kier molecular flexibility index (Phi) is 8.04. The highest BCUT2D eigenvalue weighted by atomic mass is 16.6. The van der Waals surface area contributed by atoms with E-state index in [1.54, 1.807) is 0 Å². The Morgan fingerprint density at radius 1 is 1.24 bits per heavy atom. The van der Waals surface area contributed by atoms with Crippen molar-refractivity contribution >= 4 is 6.09 Å². The van der Waals surface area contributed by atoms with E-state index in [-0.39, 0.29) is 12.1 Å². The molecule has 0 aromatic carbocycles. The smallest absolute Gasteiger partial charge is 0.407 e. The summed E-state index contributed by atoms with van der Waals surface area (Å²) in [7, 11) is 0. The van der Waals surface area contributed by atoms with Gasteiger partial charge in [0.25, 0.3) is 0 Å². The van der Waals surface area contributed by atoms with E-state index in [1.807, 2.05) is 27.7 Å². The van der Waals surface area contributed by atoms with Gasteiger partial charge in [0.2, 0.25) is 0 Å². The molecule has 21 heavy (non-hydrogen) atoms. The summed E-state index contributed by atoms with van der Waals surface area (Å²) >= 11 is 0. The van der Waals surface area contributed by atoms with Crippen molar-refractivity contribution in [3.63, 3.8) is 0 Å². The zero-order valence-corrected chi connectivity index (χ0v) is 14.0. The summed E-state index contributed by atoms with van der Waals surface area (Å²) in [5, 5.41) is 6.11. The summed E-state index contributed by atoms with van der Waals surface area (Å²) in [6.45, 7) is 9.72. The molecule has 5 heteroatoms. The Balaban J connectivity index is 2.00. The van der Waals surface area contributed by atoms with Gasteiger partial charge in [-0.1, -0.05) is 19.3 Å². The van der Waals surface area contributed by atoms with Crippen LogP contribution in [0.15, 0.2) is 0 Å². The summed E-state index contributed by atoms with van der Waals surface area (Å²) in [5.74, 6) is 0. The third-order valence-electron chi connectivity index (χ3n) is 3.45. The largest absolute Gasteiger partial charge is 0.444 e. The number of amides is 1. The molecule has 1 fully saturated rings. The first-order valence-corrected chi connectivity index (χ1v) is 8.18. The molecule has 1 aliphatic carbocycles. The van der Waals surface area contributed by atoms with Crippen molar-refractivity contribution in [2.24, 2.45) is 0 Å². The number of carbonyl (C=O) groups excluding carboxylic acids is 1. The lowest BCUT2D eigenvalue weighted by atomic mass is 9.98. The third-order valence-corrected chi connectivity index (χ3v) is 3.45. The fourth-order valence-electron chi connectivity index (χ4n) is 2.39. The summed E-state index contributed by atoms with van der Waals surface area (Å²) in [6.07, 6.45) is 6.45. The maximum atomic E-state index is 11.5. The van der Waals surface area contributed by atoms with Gasteiger partial charge >= 0.3 is 6.09 Å². The van der Waals surface area contributed by atoms with Gasteiger partial charge in [0, 0.05) is 19.1 Å². The molecule has 0 radical (unpaired) electrons. The number of alkyl carbamates (subject to hydrolysis) is 1. The minimum atomic E-state index is -0.450. The van der Waals surface area contributed by atoms with Crippen LogP contribution in [0.2, 0.25) is 0 Å². The van der Waals surface area contributed by atoms with Crippen LogP contribution in [0.4, 0.5) is 4.79 Å². The standard InChI is InChI=1S/C16H32N2O3/c1-13(12-18-15(19)21-16(2,3)4)17-10-11-20-14-8-6-5-7-9-14/h13-14,17H,5-12H2,1-4H3,(H,18,19). The summed E-state index contributed by atoms with van der Waals surface area (Å²) < 4.78 is 11.0. The van der Waals surface area contributed by atoms with Gasteiger partial charge in [-0.3, -0.25) is 0 Å². The monoisotopic (exact) mass is 300 g/mol. The quantitative estimate of drug-likeness (QED) is 0.710. The van der Waals surface area contributed by atoms with Gasteiger partial charge in [-0.05, 0) is 40.5 Å². The zero-order chi connectivity index (χ0) is 15.7. The second kappa shape index (κ2) is 9.26. The van der Waals surface area contributed by atoms with Crippen LogP contribution in [0.3, 0.4) is 0 Å². The molecule has 0 aromatic rings. The van der Waals surface area contributed by atoms with Crippen LogP contribution in [0.5, 0.6) is 0 Å². The predicted octanol–water partition coefficient (Wildman–Crippen LogP) is 2.84. The lowest BCUT2D eigenvalue weighted by Crippen LogP contribution is -2.42. The Morgan fingerprint density at radius 2 is 1.90 bits per heavy atom. The number of nitrogens with one attached hydrogen (secondary N) is 2. The second-order valence-electron chi connectivity index (χ2n) is 6.87. The molecule has 0 saturated heterocycles. The molecule has 5 nitrogen and oxygen atoms in total. The van der Waals surface area contributed by atoms with Crippen molar-refractivity contribution in [1.82, 2.24) is 10.6 Å². The van der Waals surface area contributed by atoms with Gasteiger partial charge in [0.1, 0.15) is 5.60 Å². The Hall–Kier alpha value is -0.810. The summed E-state index contributed by atoms with van der Waals surface area (Å²) in [6, 6.07) is 0.201. The summed E-state index contributed by atoms with van der Waals surface area (Å²) in [4.78, 5) is 11.5. The SMILES string of the molecule is CC(CNC(=O)OC(C)(C)C)NCCOC1CCCCC1. The number of rotatable bonds is 7. The van der Waals surface area contributed by atoms with Crippen molar-refractivity contribution < 1.29 is 14.3 Å². The molecule has 0 aliphatic heterocycles. The van der Waals surface area contributed by atoms with Crippen LogP contribution in [-0.2, 0) is 9.47 Å². The zero-order valence-electron chi connectivity index (χ0n) is 14.0. The van der Waals surface area contributed by atoms with Gasteiger partial charge in [-0.15, -0.1) is 0 Å². The number of hydrogen-bond donors (Lipinski definition) is 2. The average Bonchev–Trinajstić information content (AvgIpc) is 2.41. The van der Waals surface area contributed by atoms with E-state index < -0.39 is 5.60 Å². The highest BCUT2D eigenvalue weighted by Crippen LogP contribution is 2.19. The highest BCUT2D eigenvalue weighted by molar-refractivity contribution is 5.67. The first kappa shape index (κ1) is 18.2. The van der Waals surface area contributed by atoms with Crippen molar-refractivity contribution in [3.05, 3.63) is 0 Å². The van der Waals surface area contributed by atoms with Crippen molar-refractivity contribution in [1.29, 1.82) is 0 Å². The van der Waals surface area contributed by atoms with Gasteiger partial charge in [0.15, 0.2) is 0 Å². The van der Waals surface area contributed by atoms with E-state index in [2.05, 4.69) is 10.6 Å². The van der Waals surface area contributed by atoms with E-state index in [1.165, 1.54) is 32.1 Å².